The number of Topliss-reactive ketones (excluding diaryl/α,β-unsaturated/α-hetero) is 1. The molecule has 0 bridgehead atoms. The van der Waals surface area contributed by atoms with Crippen molar-refractivity contribution in [2.45, 2.75) is 13.3 Å². The topological polar surface area (TPSA) is 72.6 Å². The molecule has 0 saturated carbocycles. The van der Waals surface area contributed by atoms with Gasteiger partial charge in [-0.05, 0) is 32.0 Å². The highest BCUT2D eigenvalue weighted by Crippen LogP contribution is 2.23. The molecule has 0 radical (unpaired) electrons. The fraction of sp³-hybridized carbons (Fsp3) is 0.429. The number of hydrogen-bond acceptors (Lipinski definition) is 4. The van der Waals surface area contributed by atoms with Gasteiger partial charge in [-0.25, -0.2) is 4.79 Å². The molecule has 1 amide bonds. The van der Waals surface area contributed by atoms with E-state index in [9.17, 15) is 9.59 Å². The highest BCUT2D eigenvalue weighted by atomic mass is 16.6. The lowest BCUT2D eigenvalue weighted by molar-refractivity contribution is 0.101. The number of hydrogen-bond donors (Lipinski definition) is 1. The van der Waals surface area contributed by atoms with Crippen LogP contribution in [0.1, 0.15) is 23.7 Å². The van der Waals surface area contributed by atoms with Crippen LogP contribution in [0.5, 0.6) is 0 Å². The third-order valence-corrected chi connectivity index (χ3v) is 3.24. The Morgan fingerprint density at radius 3 is 3.00 bits per heavy atom. The Balaban J connectivity index is 2.21. The number of ketones is 1. The molecule has 1 aromatic rings. The van der Waals surface area contributed by atoms with Gasteiger partial charge in [0.05, 0.1) is 6.61 Å². The first-order valence-electron chi connectivity index (χ1n) is 6.37. The van der Waals surface area contributed by atoms with Gasteiger partial charge in [-0.3, -0.25) is 9.69 Å². The van der Waals surface area contributed by atoms with Crippen molar-refractivity contribution in [3.63, 3.8) is 0 Å². The number of ether oxygens (including phenoxy) is 1. The number of nitrogens with two attached hydrogens (primary N) is 1. The summed E-state index contributed by atoms with van der Waals surface area (Å²) >= 11 is 0. The SMILES string of the molecule is CC(=O)c1cccc(N2CC(CCN)COC2=O)c1. The molecule has 1 unspecified atom stereocenters. The second-order valence-corrected chi connectivity index (χ2v) is 4.74. The molecular formula is C14H18N2O3. The summed E-state index contributed by atoms with van der Waals surface area (Å²) < 4.78 is 5.16. The van der Waals surface area contributed by atoms with Crippen molar-refractivity contribution in [3.05, 3.63) is 29.8 Å². The van der Waals surface area contributed by atoms with E-state index < -0.39 is 0 Å². The Morgan fingerprint density at radius 1 is 1.53 bits per heavy atom. The largest absolute Gasteiger partial charge is 0.449 e. The van der Waals surface area contributed by atoms with Crippen LogP contribution < -0.4 is 10.6 Å². The number of cyclic esters (lactones) is 1. The van der Waals surface area contributed by atoms with Gasteiger partial charge in [0.25, 0.3) is 0 Å². The highest BCUT2D eigenvalue weighted by molar-refractivity contribution is 5.96. The van der Waals surface area contributed by atoms with Crippen LogP contribution in [0.4, 0.5) is 10.5 Å². The van der Waals surface area contributed by atoms with Crippen LogP contribution in [0, 0.1) is 5.92 Å². The van der Waals surface area contributed by atoms with Crippen molar-refractivity contribution in [1.29, 1.82) is 0 Å². The first-order chi connectivity index (χ1) is 9.11. The Morgan fingerprint density at radius 2 is 2.32 bits per heavy atom. The van der Waals surface area contributed by atoms with E-state index in [1.54, 1.807) is 29.2 Å². The average Bonchev–Trinajstić information content (AvgIpc) is 2.41. The predicted molar refractivity (Wildman–Crippen MR) is 72.3 cm³/mol. The first kappa shape index (κ1) is 13.5. The molecule has 5 nitrogen and oxygen atoms in total. The number of anilines is 1. The van der Waals surface area contributed by atoms with Gasteiger partial charge in [0.2, 0.25) is 0 Å². The van der Waals surface area contributed by atoms with E-state index in [0.717, 1.165) is 6.42 Å². The van der Waals surface area contributed by atoms with E-state index in [2.05, 4.69) is 0 Å². The normalized spacial score (nSPS) is 19.2. The second kappa shape index (κ2) is 5.84. The summed E-state index contributed by atoms with van der Waals surface area (Å²) in [5, 5.41) is 0. The molecule has 1 aliphatic heterocycles. The number of benzene rings is 1. The van der Waals surface area contributed by atoms with Crippen molar-refractivity contribution in [2.75, 3.05) is 24.6 Å². The molecule has 0 aliphatic carbocycles. The molecule has 2 N–H and O–H groups in total. The van der Waals surface area contributed by atoms with E-state index in [1.165, 1.54) is 6.92 Å². The molecule has 0 aromatic heterocycles. The van der Waals surface area contributed by atoms with Crippen LogP contribution in [-0.2, 0) is 4.74 Å². The second-order valence-electron chi connectivity index (χ2n) is 4.74. The first-order valence-corrected chi connectivity index (χ1v) is 6.37. The summed E-state index contributed by atoms with van der Waals surface area (Å²) in [4.78, 5) is 24.8. The van der Waals surface area contributed by atoms with E-state index in [1.807, 2.05) is 0 Å². The zero-order valence-corrected chi connectivity index (χ0v) is 11.0. The van der Waals surface area contributed by atoms with Gasteiger partial charge >= 0.3 is 6.09 Å². The van der Waals surface area contributed by atoms with Crippen LogP contribution in [0.2, 0.25) is 0 Å². The number of carbonyl (C=O) groups is 2. The molecule has 2 rings (SSSR count). The maximum atomic E-state index is 11.8. The van der Waals surface area contributed by atoms with Gasteiger partial charge in [-0.1, -0.05) is 12.1 Å². The van der Waals surface area contributed by atoms with Crippen molar-refractivity contribution in [1.82, 2.24) is 0 Å². The molecule has 1 saturated heterocycles. The highest BCUT2D eigenvalue weighted by Gasteiger charge is 2.28. The predicted octanol–water partition coefficient (Wildman–Crippen LogP) is 1.81. The molecule has 1 aliphatic rings. The lowest BCUT2D eigenvalue weighted by atomic mass is 10.0. The van der Waals surface area contributed by atoms with Crippen LogP contribution in [0.25, 0.3) is 0 Å². The Kier molecular flexibility index (Phi) is 4.16. The molecule has 1 atom stereocenters. The van der Waals surface area contributed by atoms with Gasteiger partial charge in [0.1, 0.15) is 0 Å². The third-order valence-electron chi connectivity index (χ3n) is 3.24. The van der Waals surface area contributed by atoms with Gasteiger partial charge in [-0.2, -0.15) is 0 Å². The summed E-state index contributed by atoms with van der Waals surface area (Å²) in [5.74, 6) is 0.217. The standard InChI is InChI=1S/C14H18N2O3/c1-10(17)12-3-2-4-13(7-12)16-8-11(5-6-15)9-19-14(16)18/h2-4,7,11H,5-6,8-9,15H2,1H3. The fourth-order valence-electron chi connectivity index (χ4n) is 2.17. The summed E-state index contributed by atoms with van der Waals surface area (Å²) in [7, 11) is 0. The number of carbonyl (C=O) groups excluding carboxylic acids is 2. The average molecular weight is 262 g/mol. The lowest BCUT2D eigenvalue weighted by Crippen LogP contribution is -2.43. The molecule has 102 valence electrons. The maximum Gasteiger partial charge on any atom is 0.414 e. The molecule has 1 fully saturated rings. The molecule has 0 spiro atoms. The molecule has 19 heavy (non-hydrogen) atoms. The summed E-state index contributed by atoms with van der Waals surface area (Å²) in [6.07, 6.45) is 0.449. The van der Waals surface area contributed by atoms with Gasteiger partial charge in [0.15, 0.2) is 5.78 Å². The van der Waals surface area contributed by atoms with E-state index in [-0.39, 0.29) is 17.8 Å². The maximum absolute atomic E-state index is 11.8. The van der Waals surface area contributed by atoms with Crippen molar-refractivity contribution in [3.8, 4) is 0 Å². The summed E-state index contributed by atoms with van der Waals surface area (Å²) in [6, 6.07) is 7.03. The van der Waals surface area contributed by atoms with Crippen molar-refractivity contribution < 1.29 is 14.3 Å². The number of amides is 1. The Bertz CT molecular complexity index is 487. The van der Waals surface area contributed by atoms with E-state index in [0.29, 0.717) is 30.9 Å². The minimum atomic E-state index is -0.367. The molecular weight excluding hydrogens is 244 g/mol. The minimum absolute atomic E-state index is 0.0225. The Hall–Kier alpha value is -1.88. The smallest absolute Gasteiger partial charge is 0.414 e. The quantitative estimate of drug-likeness (QED) is 0.840. The molecule has 1 heterocycles. The van der Waals surface area contributed by atoms with Gasteiger partial charge in [0, 0.05) is 23.7 Å². The van der Waals surface area contributed by atoms with Crippen molar-refractivity contribution in [2.24, 2.45) is 11.7 Å². The zero-order valence-electron chi connectivity index (χ0n) is 11.0. The minimum Gasteiger partial charge on any atom is -0.449 e. The van der Waals surface area contributed by atoms with Gasteiger partial charge in [-0.15, -0.1) is 0 Å². The summed E-state index contributed by atoms with van der Waals surface area (Å²) in [5.41, 5.74) is 6.82. The fourth-order valence-corrected chi connectivity index (χ4v) is 2.17. The van der Waals surface area contributed by atoms with E-state index >= 15 is 0 Å². The van der Waals surface area contributed by atoms with Crippen LogP contribution in [-0.4, -0.2) is 31.6 Å². The third kappa shape index (κ3) is 3.12. The number of rotatable bonds is 4. The van der Waals surface area contributed by atoms with Crippen molar-refractivity contribution >= 4 is 17.6 Å². The van der Waals surface area contributed by atoms with Crippen LogP contribution >= 0.6 is 0 Å². The van der Waals surface area contributed by atoms with Crippen LogP contribution in [0.15, 0.2) is 24.3 Å². The monoisotopic (exact) mass is 262 g/mol. The zero-order chi connectivity index (χ0) is 13.8. The summed E-state index contributed by atoms with van der Waals surface area (Å²) in [6.45, 7) is 3.07. The van der Waals surface area contributed by atoms with Crippen LogP contribution in [0.3, 0.4) is 0 Å². The van der Waals surface area contributed by atoms with Gasteiger partial charge < -0.3 is 10.5 Å². The van der Waals surface area contributed by atoms with E-state index in [4.69, 9.17) is 10.5 Å². The lowest BCUT2D eigenvalue weighted by Gasteiger charge is -2.32. The molecule has 1 aromatic carbocycles. The Labute approximate surface area is 112 Å². The molecule has 5 heteroatoms. The number of nitrogens with zero attached hydrogens (tertiary/aromatic N) is 1.